The van der Waals surface area contributed by atoms with Gasteiger partial charge in [-0.2, -0.15) is 0 Å². The zero-order valence-corrected chi connectivity index (χ0v) is 8.84. The Bertz CT molecular complexity index is 255. The summed E-state index contributed by atoms with van der Waals surface area (Å²) in [4.78, 5) is 4.40. The van der Waals surface area contributed by atoms with E-state index in [0.717, 1.165) is 10.9 Å². The van der Waals surface area contributed by atoms with Crippen LogP contribution < -0.4 is 0 Å². The van der Waals surface area contributed by atoms with Crippen molar-refractivity contribution in [1.29, 1.82) is 0 Å². The largest absolute Gasteiger partial charge is 0.317 e. The van der Waals surface area contributed by atoms with Crippen LogP contribution in [0, 0.1) is 6.92 Å². The fourth-order valence-electron chi connectivity index (χ4n) is 1.06. The minimum atomic E-state index is 1.09. The van der Waals surface area contributed by atoms with Gasteiger partial charge in [-0.25, -0.2) is 4.98 Å². The molecule has 0 amide bonds. The lowest BCUT2D eigenvalue weighted by Gasteiger charge is -1.99. The highest BCUT2D eigenvalue weighted by atomic mass is 32.2. The summed E-state index contributed by atoms with van der Waals surface area (Å²) >= 11 is 3.43. The Morgan fingerprint density at radius 1 is 1.27 bits per heavy atom. The first-order valence-corrected chi connectivity index (χ1v) is 5.77. The number of aryl methyl sites for hydroxylation is 1. The van der Waals surface area contributed by atoms with E-state index in [4.69, 9.17) is 0 Å². The number of nitrogens with zero attached hydrogens (tertiary/aromatic N) is 2. The molecule has 0 fully saturated rings. The van der Waals surface area contributed by atoms with E-state index in [1.807, 2.05) is 13.2 Å². The summed E-state index contributed by atoms with van der Waals surface area (Å²) < 4.78 is 2.13. The molecule has 4 heteroatoms. The molecule has 0 unspecified atom stereocenters. The van der Waals surface area contributed by atoms with Gasteiger partial charge in [0.25, 0.3) is 0 Å². The summed E-state index contributed by atoms with van der Waals surface area (Å²) in [5, 5.41) is 2.35. The molecule has 0 N–H and O–H groups in total. The molecule has 0 radical (unpaired) electrons. The van der Waals surface area contributed by atoms with Crippen LogP contribution in [0.15, 0.2) is 10.2 Å². The molecule has 0 saturated heterocycles. The smallest absolute Gasteiger partial charge is 0.168 e. The van der Waals surface area contributed by atoms with Crippen LogP contribution in [0.3, 0.4) is 0 Å². The SMILES string of the molecule is CSc1nc(C)c(SC)n1C. The molecule has 1 aromatic heterocycles. The molecule has 0 aliphatic carbocycles. The minimum Gasteiger partial charge on any atom is -0.317 e. The molecule has 11 heavy (non-hydrogen) atoms. The fraction of sp³-hybridized carbons (Fsp3) is 0.571. The van der Waals surface area contributed by atoms with Gasteiger partial charge in [0.05, 0.1) is 10.7 Å². The molecule has 0 aliphatic heterocycles. The van der Waals surface area contributed by atoms with Crippen molar-refractivity contribution in [3.63, 3.8) is 0 Å². The average Bonchev–Trinajstić information content (AvgIpc) is 2.26. The molecule has 0 aromatic carbocycles. The zero-order chi connectivity index (χ0) is 8.43. The summed E-state index contributed by atoms with van der Waals surface area (Å²) in [7, 11) is 2.05. The second-order valence-electron chi connectivity index (χ2n) is 2.25. The van der Waals surface area contributed by atoms with E-state index in [0.29, 0.717) is 0 Å². The number of aromatic nitrogens is 2. The van der Waals surface area contributed by atoms with Crippen molar-refractivity contribution >= 4 is 23.5 Å². The molecule has 1 rings (SSSR count). The first-order valence-electron chi connectivity index (χ1n) is 3.32. The van der Waals surface area contributed by atoms with E-state index in [2.05, 4.69) is 22.9 Å². The molecule has 62 valence electrons. The molecular formula is C7H12N2S2. The first kappa shape index (κ1) is 9.00. The van der Waals surface area contributed by atoms with Gasteiger partial charge in [0.2, 0.25) is 0 Å². The van der Waals surface area contributed by atoms with Crippen molar-refractivity contribution in [3.8, 4) is 0 Å². The number of rotatable bonds is 2. The maximum Gasteiger partial charge on any atom is 0.168 e. The second-order valence-corrected chi connectivity index (χ2v) is 3.82. The summed E-state index contributed by atoms with van der Waals surface area (Å²) in [5.74, 6) is 0. The molecule has 0 saturated carbocycles. The predicted octanol–water partition coefficient (Wildman–Crippen LogP) is 2.17. The lowest BCUT2D eigenvalue weighted by atomic mass is 10.6. The molecule has 0 bridgehead atoms. The maximum atomic E-state index is 4.40. The van der Waals surface area contributed by atoms with E-state index in [1.54, 1.807) is 23.5 Å². The van der Waals surface area contributed by atoms with Crippen LogP contribution in [0.4, 0.5) is 0 Å². The fourth-order valence-corrected chi connectivity index (χ4v) is 2.42. The Morgan fingerprint density at radius 2 is 1.91 bits per heavy atom. The normalized spacial score (nSPS) is 10.5. The highest BCUT2D eigenvalue weighted by molar-refractivity contribution is 7.99. The highest BCUT2D eigenvalue weighted by Crippen LogP contribution is 2.24. The van der Waals surface area contributed by atoms with Crippen LogP contribution in [-0.2, 0) is 7.05 Å². The predicted molar refractivity (Wildman–Crippen MR) is 51.5 cm³/mol. The number of imidazole rings is 1. The van der Waals surface area contributed by atoms with E-state index in [9.17, 15) is 0 Å². The topological polar surface area (TPSA) is 17.8 Å². The molecule has 0 spiro atoms. The van der Waals surface area contributed by atoms with Gasteiger partial charge in [0.1, 0.15) is 0 Å². The van der Waals surface area contributed by atoms with Crippen LogP contribution in [0.2, 0.25) is 0 Å². The first-order chi connectivity index (χ1) is 5.20. The monoisotopic (exact) mass is 188 g/mol. The van der Waals surface area contributed by atoms with Gasteiger partial charge in [-0.15, -0.1) is 11.8 Å². The van der Waals surface area contributed by atoms with Crippen molar-refractivity contribution in [3.05, 3.63) is 5.69 Å². The Labute approximate surface area is 75.8 Å². The third-order valence-electron chi connectivity index (χ3n) is 1.54. The van der Waals surface area contributed by atoms with Crippen LogP contribution in [0.1, 0.15) is 5.69 Å². The van der Waals surface area contributed by atoms with Gasteiger partial charge in [-0.3, -0.25) is 0 Å². The van der Waals surface area contributed by atoms with Gasteiger partial charge >= 0.3 is 0 Å². The van der Waals surface area contributed by atoms with E-state index >= 15 is 0 Å². The number of thioether (sulfide) groups is 2. The number of hydrogen-bond acceptors (Lipinski definition) is 3. The van der Waals surface area contributed by atoms with Crippen molar-refractivity contribution in [2.45, 2.75) is 17.1 Å². The zero-order valence-electron chi connectivity index (χ0n) is 7.21. The van der Waals surface area contributed by atoms with Crippen molar-refractivity contribution < 1.29 is 0 Å². The Morgan fingerprint density at radius 3 is 2.18 bits per heavy atom. The van der Waals surface area contributed by atoms with Crippen LogP contribution in [0.5, 0.6) is 0 Å². The van der Waals surface area contributed by atoms with E-state index in [1.165, 1.54) is 5.03 Å². The molecule has 0 atom stereocenters. The van der Waals surface area contributed by atoms with Gasteiger partial charge in [0.15, 0.2) is 5.16 Å². The minimum absolute atomic E-state index is 1.09. The van der Waals surface area contributed by atoms with Gasteiger partial charge < -0.3 is 4.57 Å². The quantitative estimate of drug-likeness (QED) is 0.662. The lowest BCUT2D eigenvalue weighted by molar-refractivity contribution is 0.729. The maximum absolute atomic E-state index is 4.40. The van der Waals surface area contributed by atoms with Crippen LogP contribution in [0.25, 0.3) is 0 Å². The van der Waals surface area contributed by atoms with Crippen LogP contribution in [-0.4, -0.2) is 22.1 Å². The molecule has 2 nitrogen and oxygen atoms in total. The summed E-state index contributed by atoms with van der Waals surface area (Å²) in [6.45, 7) is 2.05. The van der Waals surface area contributed by atoms with Crippen molar-refractivity contribution in [2.24, 2.45) is 7.05 Å². The number of hydrogen-bond donors (Lipinski definition) is 0. The third kappa shape index (κ3) is 1.56. The summed E-state index contributed by atoms with van der Waals surface area (Å²) in [6.07, 6.45) is 4.12. The highest BCUT2D eigenvalue weighted by Gasteiger charge is 2.08. The van der Waals surface area contributed by atoms with Crippen molar-refractivity contribution in [1.82, 2.24) is 9.55 Å². The third-order valence-corrected chi connectivity index (χ3v) is 3.23. The van der Waals surface area contributed by atoms with Gasteiger partial charge in [0, 0.05) is 7.05 Å². The van der Waals surface area contributed by atoms with Gasteiger partial charge in [-0.05, 0) is 19.4 Å². The molecular weight excluding hydrogens is 176 g/mol. The molecule has 0 aliphatic rings. The second kappa shape index (κ2) is 3.54. The van der Waals surface area contributed by atoms with Crippen LogP contribution >= 0.6 is 23.5 Å². The Kier molecular flexibility index (Phi) is 2.90. The Balaban J connectivity index is 3.14. The van der Waals surface area contributed by atoms with E-state index in [-0.39, 0.29) is 0 Å². The molecule has 1 aromatic rings. The lowest BCUT2D eigenvalue weighted by Crippen LogP contribution is -1.91. The molecule has 1 heterocycles. The van der Waals surface area contributed by atoms with E-state index < -0.39 is 0 Å². The summed E-state index contributed by atoms with van der Waals surface area (Å²) in [6, 6.07) is 0. The average molecular weight is 188 g/mol. The Hall–Kier alpha value is -0.0900. The van der Waals surface area contributed by atoms with Gasteiger partial charge in [-0.1, -0.05) is 11.8 Å². The standard InChI is InChI=1S/C7H12N2S2/c1-5-6(10-3)9(2)7(8-5)11-4/h1-4H3. The van der Waals surface area contributed by atoms with Crippen molar-refractivity contribution in [2.75, 3.05) is 12.5 Å². The summed E-state index contributed by atoms with van der Waals surface area (Å²) in [5.41, 5.74) is 1.13.